The molecular formula is C15H19NO3. The van der Waals surface area contributed by atoms with E-state index in [0.717, 1.165) is 30.8 Å². The van der Waals surface area contributed by atoms with E-state index < -0.39 is 0 Å². The first kappa shape index (κ1) is 13.5. The van der Waals surface area contributed by atoms with Crippen molar-refractivity contribution in [1.82, 2.24) is 5.32 Å². The Balaban J connectivity index is 1.80. The van der Waals surface area contributed by atoms with E-state index in [1.54, 1.807) is 12.3 Å². The Bertz CT molecular complexity index is 494. The molecule has 0 amide bonds. The van der Waals surface area contributed by atoms with Crippen LogP contribution in [0.1, 0.15) is 18.2 Å². The van der Waals surface area contributed by atoms with E-state index in [1.165, 1.54) is 0 Å². The van der Waals surface area contributed by atoms with Crippen LogP contribution < -0.4 is 10.1 Å². The maximum absolute atomic E-state index is 9.60. The van der Waals surface area contributed by atoms with Crippen LogP contribution in [0.4, 0.5) is 0 Å². The summed E-state index contributed by atoms with van der Waals surface area (Å²) in [6, 6.07) is 9.27. The SMILES string of the molecule is CCOc1cc(CNCCc2ccco2)ccc1O. The average molecular weight is 261 g/mol. The third-order valence-electron chi connectivity index (χ3n) is 2.78. The summed E-state index contributed by atoms with van der Waals surface area (Å²) in [6.45, 7) is 4.02. The van der Waals surface area contributed by atoms with Crippen molar-refractivity contribution in [3.05, 3.63) is 47.9 Å². The lowest BCUT2D eigenvalue weighted by atomic mass is 10.2. The third-order valence-corrected chi connectivity index (χ3v) is 2.78. The van der Waals surface area contributed by atoms with Crippen LogP contribution in [0.2, 0.25) is 0 Å². The van der Waals surface area contributed by atoms with Gasteiger partial charge in [0.05, 0.1) is 12.9 Å². The number of hydrogen-bond acceptors (Lipinski definition) is 4. The van der Waals surface area contributed by atoms with E-state index in [2.05, 4.69) is 5.32 Å². The second-order valence-corrected chi connectivity index (χ2v) is 4.24. The fourth-order valence-corrected chi connectivity index (χ4v) is 1.84. The zero-order chi connectivity index (χ0) is 13.5. The van der Waals surface area contributed by atoms with Gasteiger partial charge in [0.1, 0.15) is 5.76 Å². The van der Waals surface area contributed by atoms with Crippen molar-refractivity contribution in [3.8, 4) is 11.5 Å². The molecule has 0 aliphatic carbocycles. The Hall–Kier alpha value is -1.94. The third kappa shape index (κ3) is 4.03. The molecule has 0 aliphatic heterocycles. The van der Waals surface area contributed by atoms with Crippen molar-refractivity contribution in [3.63, 3.8) is 0 Å². The van der Waals surface area contributed by atoms with Gasteiger partial charge in [-0.25, -0.2) is 0 Å². The molecule has 2 aromatic rings. The van der Waals surface area contributed by atoms with Gasteiger partial charge in [-0.1, -0.05) is 6.07 Å². The van der Waals surface area contributed by atoms with E-state index in [9.17, 15) is 5.11 Å². The maximum atomic E-state index is 9.60. The van der Waals surface area contributed by atoms with Gasteiger partial charge >= 0.3 is 0 Å². The summed E-state index contributed by atoms with van der Waals surface area (Å²) in [4.78, 5) is 0. The van der Waals surface area contributed by atoms with Crippen molar-refractivity contribution in [2.75, 3.05) is 13.2 Å². The Morgan fingerprint density at radius 3 is 2.95 bits per heavy atom. The van der Waals surface area contributed by atoms with Crippen molar-refractivity contribution in [2.45, 2.75) is 19.9 Å². The van der Waals surface area contributed by atoms with Crippen LogP contribution in [0.15, 0.2) is 41.0 Å². The summed E-state index contributed by atoms with van der Waals surface area (Å²) in [6.07, 6.45) is 2.55. The number of phenols is 1. The molecule has 4 heteroatoms. The Morgan fingerprint density at radius 1 is 1.32 bits per heavy atom. The zero-order valence-electron chi connectivity index (χ0n) is 11.1. The average Bonchev–Trinajstić information content (AvgIpc) is 2.92. The molecule has 2 N–H and O–H groups in total. The molecule has 0 radical (unpaired) electrons. The molecule has 19 heavy (non-hydrogen) atoms. The van der Waals surface area contributed by atoms with Gasteiger partial charge in [0.15, 0.2) is 11.5 Å². The molecule has 0 saturated heterocycles. The van der Waals surface area contributed by atoms with Gasteiger partial charge in [-0.3, -0.25) is 0 Å². The smallest absolute Gasteiger partial charge is 0.161 e. The maximum Gasteiger partial charge on any atom is 0.161 e. The summed E-state index contributed by atoms with van der Waals surface area (Å²) in [7, 11) is 0. The largest absolute Gasteiger partial charge is 0.504 e. The molecule has 0 bridgehead atoms. The summed E-state index contributed by atoms with van der Waals surface area (Å²) >= 11 is 0. The molecule has 0 unspecified atom stereocenters. The lowest BCUT2D eigenvalue weighted by Crippen LogP contribution is -2.16. The van der Waals surface area contributed by atoms with Crippen molar-refractivity contribution in [2.24, 2.45) is 0 Å². The number of furan rings is 1. The quantitative estimate of drug-likeness (QED) is 0.752. The van der Waals surface area contributed by atoms with Gasteiger partial charge in [0.2, 0.25) is 0 Å². The molecule has 2 rings (SSSR count). The van der Waals surface area contributed by atoms with Gasteiger partial charge in [-0.15, -0.1) is 0 Å². The highest BCUT2D eigenvalue weighted by atomic mass is 16.5. The van der Waals surface area contributed by atoms with E-state index in [4.69, 9.17) is 9.15 Å². The number of nitrogens with one attached hydrogen (secondary N) is 1. The Kier molecular flexibility index (Phi) is 4.86. The summed E-state index contributed by atoms with van der Waals surface area (Å²) in [5, 5.41) is 12.9. The van der Waals surface area contributed by atoms with Gasteiger partial charge in [-0.05, 0) is 36.8 Å². The minimum absolute atomic E-state index is 0.182. The molecule has 1 aromatic carbocycles. The van der Waals surface area contributed by atoms with Crippen LogP contribution in [0.5, 0.6) is 11.5 Å². The number of phenolic OH excluding ortho intramolecular Hbond substituents is 1. The first-order valence-electron chi connectivity index (χ1n) is 6.47. The predicted octanol–water partition coefficient (Wildman–Crippen LogP) is 2.72. The standard InChI is InChI=1S/C15H19NO3/c1-2-18-15-10-12(5-6-14(15)17)11-16-8-7-13-4-3-9-19-13/h3-6,9-10,16-17H,2,7-8,11H2,1H3. The summed E-state index contributed by atoms with van der Waals surface area (Å²) in [5.41, 5.74) is 1.08. The zero-order valence-corrected chi connectivity index (χ0v) is 11.1. The molecule has 0 aliphatic rings. The second-order valence-electron chi connectivity index (χ2n) is 4.24. The van der Waals surface area contributed by atoms with Crippen LogP contribution in [-0.2, 0) is 13.0 Å². The fourth-order valence-electron chi connectivity index (χ4n) is 1.84. The number of benzene rings is 1. The highest BCUT2D eigenvalue weighted by Crippen LogP contribution is 2.26. The van der Waals surface area contributed by atoms with Gasteiger partial charge < -0.3 is 19.6 Å². The Labute approximate surface area is 113 Å². The lowest BCUT2D eigenvalue weighted by Gasteiger charge is -2.09. The molecule has 0 atom stereocenters. The molecule has 102 valence electrons. The van der Waals surface area contributed by atoms with E-state index in [-0.39, 0.29) is 5.75 Å². The molecule has 4 nitrogen and oxygen atoms in total. The molecule has 0 spiro atoms. The van der Waals surface area contributed by atoms with Crippen molar-refractivity contribution < 1.29 is 14.3 Å². The topological polar surface area (TPSA) is 54.6 Å². The van der Waals surface area contributed by atoms with Crippen LogP contribution in [-0.4, -0.2) is 18.3 Å². The van der Waals surface area contributed by atoms with Crippen LogP contribution in [0.25, 0.3) is 0 Å². The summed E-state index contributed by atoms with van der Waals surface area (Å²) in [5.74, 6) is 1.70. The second kappa shape index (κ2) is 6.85. The predicted molar refractivity (Wildman–Crippen MR) is 73.4 cm³/mol. The highest BCUT2D eigenvalue weighted by molar-refractivity contribution is 5.41. The van der Waals surface area contributed by atoms with Crippen LogP contribution >= 0.6 is 0 Å². The van der Waals surface area contributed by atoms with Gasteiger partial charge in [-0.2, -0.15) is 0 Å². The van der Waals surface area contributed by atoms with Gasteiger partial charge in [0, 0.05) is 19.5 Å². The van der Waals surface area contributed by atoms with Crippen LogP contribution in [0, 0.1) is 0 Å². The first-order chi connectivity index (χ1) is 9.29. The fraction of sp³-hybridized carbons (Fsp3) is 0.333. The van der Waals surface area contributed by atoms with E-state index in [0.29, 0.717) is 12.4 Å². The lowest BCUT2D eigenvalue weighted by molar-refractivity contribution is 0.317. The molecule has 1 heterocycles. The minimum Gasteiger partial charge on any atom is -0.504 e. The highest BCUT2D eigenvalue weighted by Gasteiger charge is 2.03. The normalized spacial score (nSPS) is 10.6. The van der Waals surface area contributed by atoms with Crippen molar-refractivity contribution >= 4 is 0 Å². The van der Waals surface area contributed by atoms with E-state index in [1.807, 2.05) is 31.2 Å². The van der Waals surface area contributed by atoms with Gasteiger partial charge in [0.25, 0.3) is 0 Å². The Morgan fingerprint density at radius 2 is 2.21 bits per heavy atom. The number of aromatic hydroxyl groups is 1. The number of hydrogen-bond donors (Lipinski definition) is 2. The molecular weight excluding hydrogens is 242 g/mol. The number of ether oxygens (including phenoxy) is 1. The number of rotatable bonds is 7. The van der Waals surface area contributed by atoms with E-state index >= 15 is 0 Å². The first-order valence-corrected chi connectivity index (χ1v) is 6.47. The molecule has 1 aromatic heterocycles. The molecule has 0 saturated carbocycles. The monoisotopic (exact) mass is 261 g/mol. The van der Waals surface area contributed by atoms with Crippen LogP contribution in [0.3, 0.4) is 0 Å². The van der Waals surface area contributed by atoms with Crippen molar-refractivity contribution in [1.29, 1.82) is 0 Å². The minimum atomic E-state index is 0.182. The summed E-state index contributed by atoms with van der Waals surface area (Å²) < 4.78 is 10.6. The molecule has 0 fully saturated rings.